The van der Waals surface area contributed by atoms with Gasteiger partial charge in [-0.25, -0.2) is 0 Å². The van der Waals surface area contributed by atoms with Crippen molar-refractivity contribution in [1.29, 1.82) is 0 Å². The fourth-order valence-corrected chi connectivity index (χ4v) is 3.46. The Bertz CT molecular complexity index is 965. The monoisotopic (exact) mass is 426 g/mol. The molecular weight excluding hydrogens is 404 g/mol. The molecule has 0 unspecified atom stereocenters. The van der Waals surface area contributed by atoms with Crippen molar-refractivity contribution in [1.82, 2.24) is 10.2 Å². The lowest BCUT2D eigenvalue weighted by Crippen LogP contribution is -2.46. The smallest absolute Gasteiger partial charge is 0.308 e. The van der Waals surface area contributed by atoms with E-state index in [-0.39, 0.29) is 17.9 Å². The van der Waals surface area contributed by atoms with Crippen molar-refractivity contribution in [3.63, 3.8) is 0 Å². The molecule has 1 fully saturated rings. The molecule has 1 saturated heterocycles. The van der Waals surface area contributed by atoms with E-state index in [2.05, 4.69) is 5.32 Å². The number of hydrogen-bond acceptors (Lipinski definition) is 4. The van der Waals surface area contributed by atoms with Gasteiger partial charge in [-0.1, -0.05) is 35.9 Å². The molecule has 2 amide bonds. The number of amides is 2. The number of carbonyl (C=O) groups is 3. The highest BCUT2D eigenvalue weighted by Crippen LogP contribution is 2.18. The van der Waals surface area contributed by atoms with E-state index in [0.717, 1.165) is 5.56 Å². The van der Waals surface area contributed by atoms with E-state index < -0.39 is 5.97 Å². The van der Waals surface area contributed by atoms with Gasteiger partial charge in [0, 0.05) is 42.7 Å². The Morgan fingerprint density at radius 1 is 1.10 bits per heavy atom. The molecular formula is C23H23ClN2O4. The summed E-state index contributed by atoms with van der Waals surface area (Å²) in [5.74, 6) is -0.407. The first-order valence-electron chi connectivity index (χ1n) is 9.73. The van der Waals surface area contributed by atoms with E-state index in [9.17, 15) is 14.4 Å². The fourth-order valence-electron chi connectivity index (χ4n) is 3.26. The Kier molecular flexibility index (Phi) is 7.25. The van der Waals surface area contributed by atoms with E-state index in [0.29, 0.717) is 42.3 Å². The molecule has 1 heterocycles. The number of likely N-dealkylation sites (tertiary alicyclic amines) is 1. The Morgan fingerprint density at radius 2 is 1.83 bits per heavy atom. The minimum Gasteiger partial charge on any atom is -0.427 e. The highest BCUT2D eigenvalue weighted by Gasteiger charge is 2.23. The first kappa shape index (κ1) is 21.6. The van der Waals surface area contributed by atoms with Gasteiger partial charge < -0.3 is 15.0 Å². The molecule has 2 aromatic rings. The molecule has 6 nitrogen and oxygen atoms in total. The second-order valence-electron chi connectivity index (χ2n) is 7.05. The molecule has 1 aliphatic rings. The molecule has 0 bridgehead atoms. The summed E-state index contributed by atoms with van der Waals surface area (Å²) in [5.41, 5.74) is 1.22. The highest BCUT2D eigenvalue weighted by molar-refractivity contribution is 6.32. The molecule has 7 heteroatoms. The molecule has 2 aromatic carbocycles. The standard InChI is InChI=1S/C23H23ClN2O4/c1-16(27)30-20-7-4-6-18(15-20)23(29)25-19-11-13-26(14-12-19)22(28)10-9-17-5-2-3-8-21(17)24/h2-10,15,19H,11-14H2,1H3,(H,25,29)/b10-9+. The van der Waals surface area contributed by atoms with Gasteiger partial charge in [0.15, 0.2) is 0 Å². The van der Waals surface area contributed by atoms with Gasteiger partial charge in [0.05, 0.1) is 0 Å². The Morgan fingerprint density at radius 3 is 2.53 bits per heavy atom. The number of halogens is 1. The number of hydrogen-bond donors (Lipinski definition) is 1. The molecule has 0 radical (unpaired) electrons. The van der Waals surface area contributed by atoms with Gasteiger partial charge in [-0.3, -0.25) is 14.4 Å². The third-order valence-corrected chi connectivity index (χ3v) is 5.15. The van der Waals surface area contributed by atoms with Gasteiger partial charge in [-0.05, 0) is 48.7 Å². The van der Waals surface area contributed by atoms with Crippen LogP contribution in [0.2, 0.25) is 5.02 Å². The normalized spacial score (nSPS) is 14.5. The summed E-state index contributed by atoms with van der Waals surface area (Å²) in [5, 5.41) is 3.59. The lowest BCUT2D eigenvalue weighted by atomic mass is 10.0. The summed E-state index contributed by atoms with van der Waals surface area (Å²) in [6, 6.07) is 13.8. The molecule has 1 N–H and O–H groups in total. The van der Waals surface area contributed by atoms with Crippen LogP contribution in [0, 0.1) is 0 Å². The van der Waals surface area contributed by atoms with Crippen LogP contribution in [0.25, 0.3) is 6.08 Å². The molecule has 156 valence electrons. The number of nitrogens with zero attached hydrogens (tertiary/aromatic N) is 1. The van der Waals surface area contributed by atoms with E-state index in [1.165, 1.54) is 19.1 Å². The van der Waals surface area contributed by atoms with Gasteiger partial charge in [-0.15, -0.1) is 0 Å². The van der Waals surface area contributed by atoms with Crippen molar-refractivity contribution in [2.24, 2.45) is 0 Å². The average Bonchev–Trinajstić information content (AvgIpc) is 2.73. The number of ether oxygens (including phenoxy) is 1. The lowest BCUT2D eigenvalue weighted by molar-refractivity contribution is -0.132. The van der Waals surface area contributed by atoms with Crippen molar-refractivity contribution in [3.8, 4) is 5.75 Å². The number of piperidine rings is 1. The maximum Gasteiger partial charge on any atom is 0.308 e. The second kappa shape index (κ2) is 10.1. The van der Waals surface area contributed by atoms with Crippen LogP contribution in [0.1, 0.15) is 35.7 Å². The van der Waals surface area contributed by atoms with E-state index in [1.807, 2.05) is 18.2 Å². The fraction of sp³-hybridized carbons (Fsp3) is 0.261. The molecule has 30 heavy (non-hydrogen) atoms. The maximum atomic E-state index is 12.5. The number of esters is 1. The first-order chi connectivity index (χ1) is 14.4. The van der Waals surface area contributed by atoms with Crippen LogP contribution in [0.5, 0.6) is 5.75 Å². The third kappa shape index (κ3) is 5.94. The molecule has 0 atom stereocenters. The summed E-state index contributed by atoms with van der Waals surface area (Å²) in [6.45, 7) is 2.43. The predicted molar refractivity (Wildman–Crippen MR) is 115 cm³/mol. The van der Waals surface area contributed by atoms with E-state index >= 15 is 0 Å². The topological polar surface area (TPSA) is 75.7 Å². The number of benzene rings is 2. The van der Waals surface area contributed by atoms with Gasteiger partial charge in [0.25, 0.3) is 5.91 Å². The molecule has 0 saturated carbocycles. The zero-order valence-corrected chi connectivity index (χ0v) is 17.4. The van der Waals surface area contributed by atoms with Crippen LogP contribution in [0.4, 0.5) is 0 Å². The Balaban J connectivity index is 1.50. The van der Waals surface area contributed by atoms with Crippen LogP contribution in [0.15, 0.2) is 54.6 Å². The van der Waals surface area contributed by atoms with Gasteiger partial charge in [0.2, 0.25) is 5.91 Å². The third-order valence-electron chi connectivity index (χ3n) is 4.81. The summed E-state index contributed by atoms with van der Waals surface area (Å²) >= 11 is 6.11. The minimum absolute atomic E-state index is 0.0218. The lowest BCUT2D eigenvalue weighted by Gasteiger charge is -2.31. The molecule has 1 aliphatic heterocycles. The largest absolute Gasteiger partial charge is 0.427 e. The van der Waals surface area contributed by atoms with Crippen LogP contribution < -0.4 is 10.1 Å². The van der Waals surface area contributed by atoms with E-state index in [1.54, 1.807) is 35.2 Å². The van der Waals surface area contributed by atoms with Gasteiger partial charge >= 0.3 is 5.97 Å². The van der Waals surface area contributed by atoms with Crippen molar-refractivity contribution in [3.05, 3.63) is 70.8 Å². The van der Waals surface area contributed by atoms with Crippen LogP contribution in [-0.2, 0) is 9.59 Å². The van der Waals surface area contributed by atoms with Gasteiger partial charge in [-0.2, -0.15) is 0 Å². The summed E-state index contributed by atoms with van der Waals surface area (Å²) in [7, 11) is 0. The van der Waals surface area contributed by atoms with Crippen LogP contribution in [0.3, 0.4) is 0 Å². The first-order valence-corrected chi connectivity index (χ1v) is 10.1. The molecule has 0 aromatic heterocycles. The molecule has 0 spiro atoms. The average molecular weight is 427 g/mol. The zero-order valence-electron chi connectivity index (χ0n) is 16.6. The predicted octanol–water partition coefficient (Wildman–Crippen LogP) is 3.70. The minimum atomic E-state index is -0.437. The number of nitrogens with one attached hydrogen (secondary N) is 1. The maximum absolute atomic E-state index is 12.5. The summed E-state index contributed by atoms with van der Waals surface area (Å²) in [6.07, 6.45) is 4.58. The SMILES string of the molecule is CC(=O)Oc1cccc(C(=O)NC2CCN(C(=O)/C=C/c3ccccc3Cl)CC2)c1. The Labute approximate surface area is 180 Å². The van der Waals surface area contributed by atoms with Gasteiger partial charge in [0.1, 0.15) is 5.75 Å². The summed E-state index contributed by atoms with van der Waals surface area (Å²) < 4.78 is 5.02. The molecule has 3 rings (SSSR count). The second-order valence-corrected chi connectivity index (χ2v) is 7.46. The highest BCUT2D eigenvalue weighted by atomic mass is 35.5. The van der Waals surface area contributed by atoms with Crippen LogP contribution >= 0.6 is 11.6 Å². The Hall–Kier alpha value is -3.12. The number of rotatable bonds is 5. The van der Waals surface area contributed by atoms with Crippen molar-refractivity contribution in [2.45, 2.75) is 25.8 Å². The van der Waals surface area contributed by atoms with Crippen LogP contribution in [-0.4, -0.2) is 41.8 Å². The quantitative estimate of drug-likeness (QED) is 0.449. The van der Waals surface area contributed by atoms with Crippen molar-refractivity contribution >= 4 is 35.5 Å². The van der Waals surface area contributed by atoms with Crippen molar-refractivity contribution in [2.75, 3.05) is 13.1 Å². The summed E-state index contributed by atoms with van der Waals surface area (Å²) in [4.78, 5) is 37.8. The van der Waals surface area contributed by atoms with Crippen molar-refractivity contribution < 1.29 is 19.1 Å². The number of carbonyl (C=O) groups excluding carboxylic acids is 3. The molecule has 0 aliphatic carbocycles. The van der Waals surface area contributed by atoms with E-state index in [4.69, 9.17) is 16.3 Å². The zero-order chi connectivity index (χ0) is 21.5.